The molecule has 0 aliphatic heterocycles. The summed E-state index contributed by atoms with van der Waals surface area (Å²) in [6, 6.07) is 3.80. The molecule has 52 valence electrons. The van der Waals surface area contributed by atoms with Crippen LogP contribution in [0.25, 0.3) is 0 Å². The molecule has 0 amide bonds. The summed E-state index contributed by atoms with van der Waals surface area (Å²) in [5.74, 6) is 0. The second-order valence-corrected chi connectivity index (χ2v) is 3.36. The normalized spacial score (nSPS) is 11.5. The maximum atomic E-state index is 3.71. The molecule has 1 rings (SSSR count). The minimum Gasteiger partial charge on any atom is -0.244 e. The molecule has 1 nitrogen and oxygen atoms in total. The van der Waals surface area contributed by atoms with E-state index in [1.807, 2.05) is 12.1 Å². The summed E-state index contributed by atoms with van der Waals surface area (Å²) in [4.78, 5) is 3.71. The lowest BCUT2D eigenvalue weighted by Gasteiger charge is -2.17. The molecular weight excluding hydrogens is 122 g/mol. The van der Waals surface area contributed by atoms with E-state index in [0.717, 1.165) is 0 Å². The van der Waals surface area contributed by atoms with Crippen LogP contribution in [0.3, 0.4) is 0 Å². The SMILES string of the molecule is CC(C)(C)c1c[c]n[c]c1. The highest BCUT2D eigenvalue weighted by atomic mass is 14.6. The zero-order chi connectivity index (χ0) is 7.61. The predicted octanol–water partition coefficient (Wildman–Crippen LogP) is 1.98. The Hall–Kier alpha value is -0.850. The number of pyridine rings is 1. The van der Waals surface area contributed by atoms with Crippen molar-refractivity contribution in [1.82, 2.24) is 4.98 Å². The van der Waals surface area contributed by atoms with Crippen molar-refractivity contribution in [3.8, 4) is 0 Å². The van der Waals surface area contributed by atoms with E-state index < -0.39 is 0 Å². The van der Waals surface area contributed by atoms with Gasteiger partial charge in [-0.05, 0) is 23.1 Å². The van der Waals surface area contributed by atoms with Crippen molar-refractivity contribution >= 4 is 0 Å². The van der Waals surface area contributed by atoms with Crippen LogP contribution in [0.4, 0.5) is 0 Å². The molecule has 0 aliphatic rings. The van der Waals surface area contributed by atoms with Gasteiger partial charge in [0, 0.05) is 0 Å². The zero-order valence-electron chi connectivity index (χ0n) is 6.60. The Morgan fingerprint density at radius 1 is 1.20 bits per heavy atom. The first-order chi connectivity index (χ1) is 4.61. The van der Waals surface area contributed by atoms with Crippen LogP contribution in [-0.2, 0) is 5.41 Å². The number of aromatic nitrogens is 1. The minimum atomic E-state index is 0.190. The molecule has 1 heterocycles. The lowest BCUT2D eigenvalue weighted by molar-refractivity contribution is 0.589. The highest BCUT2D eigenvalue weighted by molar-refractivity contribution is 5.17. The predicted molar refractivity (Wildman–Crippen MR) is 40.6 cm³/mol. The van der Waals surface area contributed by atoms with E-state index in [4.69, 9.17) is 0 Å². The molecule has 0 saturated heterocycles. The third kappa shape index (κ3) is 1.56. The molecule has 0 aromatic carbocycles. The molecule has 0 unspecified atom stereocenters. The van der Waals surface area contributed by atoms with E-state index in [9.17, 15) is 0 Å². The van der Waals surface area contributed by atoms with Crippen molar-refractivity contribution in [2.45, 2.75) is 26.2 Å². The molecule has 0 saturated carbocycles. The number of nitrogens with zero attached hydrogens (tertiary/aromatic N) is 1. The molecule has 10 heavy (non-hydrogen) atoms. The van der Waals surface area contributed by atoms with Gasteiger partial charge < -0.3 is 0 Å². The summed E-state index contributed by atoms with van der Waals surface area (Å²) in [5.41, 5.74) is 1.41. The Kier molecular flexibility index (Phi) is 1.75. The Morgan fingerprint density at radius 2 is 1.70 bits per heavy atom. The number of hydrogen-bond donors (Lipinski definition) is 0. The van der Waals surface area contributed by atoms with Gasteiger partial charge in [-0.2, -0.15) is 0 Å². The van der Waals surface area contributed by atoms with Gasteiger partial charge in [-0.3, -0.25) is 0 Å². The zero-order valence-corrected chi connectivity index (χ0v) is 6.60. The van der Waals surface area contributed by atoms with Crippen LogP contribution >= 0.6 is 0 Å². The van der Waals surface area contributed by atoms with Gasteiger partial charge in [-0.1, -0.05) is 20.8 Å². The summed E-state index contributed by atoms with van der Waals surface area (Å²) in [7, 11) is 0. The first kappa shape index (κ1) is 7.26. The van der Waals surface area contributed by atoms with Gasteiger partial charge in [-0.25, -0.2) is 4.98 Å². The van der Waals surface area contributed by atoms with E-state index in [-0.39, 0.29) is 5.41 Å². The average molecular weight is 133 g/mol. The smallest absolute Gasteiger partial charge is 0.0897 e. The van der Waals surface area contributed by atoms with Crippen LogP contribution in [0, 0.1) is 12.4 Å². The van der Waals surface area contributed by atoms with E-state index >= 15 is 0 Å². The summed E-state index contributed by atoms with van der Waals surface area (Å²) in [5, 5.41) is 0. The Morgan fingerprint density at radius 3 is 2.00 bits per heavy atom. The van der Waals surface area contributed by atoms with E-state index in [1.54, 1.807) is 0 Å². The molecular formula is C9H11N. The summed E-state index contributed by atoms with van der Waals surface area (Å²) in [6.45, 7) is 6.47. The third-order valence-corrected chi connectivity index (χ3v) is 1.44. The van der Waals surface area contributed by atoms with E-state index in [1.165, 1.54) is 5.56 Å². The second-order valence-electron chi connectivity index (χ2n) is 3.36. The van der Waals surface area contributed by atoms with Crippen molar-refractivity contribution in [1.29, 1.82) is 0 Å². The lowest BCUT2D eigenvalue weighted by Crippen LogP contribution is -2.10. The van der Waals surface area contributed by atoms with Crippen molar-refractivity contribution in [3.63, 3.8) is 0 Å². The molecule has 0 aliphatic carbocycles. The summed E-state index contributed by atoms with van der Waals surface area (Å²) in [6.07, 6.45) is 5.52. The maximum Gasteiger partial charge on any atom is 0.0897 e. The fraction of sp³-hybridized carbons (Fsp3) is 0.444. The molecule has 0 spiro atoms. The first-order valence-electron chi connectivity index (χ1n) is 3.35. The molecule has 0 fully saturated rings. The van der Waals surface area contributed by atoms with Gasteiger partial charge in [0.15, 0.2) is 0 Å². The first-order valence-corrected chi connectivity index (χ1v) is 3.35. The Balaban J connectivity index is 2.97. The van der Waals surface area contributed by atoms with Gasteiger partial charge in [-0.15, -0.1) is 0 Å². The maximum absolute atomic E-state index is 3.71. The fourth-order valence-electron chi connectivity index (χ4n) is 0.716. The van der Waals surface area contributed by atoms with E-state index in [2.05, 4.69) is 38.1 Å². The fourth-order valence-corrected chi connectivity index (χ4v) is 0.716. The molecule has 1 heteroatoms. The van der Waals surface area contributed by atoms with Crippen molar-refractivity contribution in [2.24, 2.45) is 0 Å². The van der Waals surface area contributed by atoms with Gasteiger partial charge in [0.2, 0.25) is 0 Å². The van der Waals surface area contributed by atoms with E-state index in [0.29, 0.717) is 0 Å². The molecule has 1 aromatic rings. The quantitative estimate of drug-likeness (QED) is 0.527. The van der Waals surface area contributed by atoms with Gasteiger partial charge in [0.25, 0.3) is 0 Å². The van der Waals surface area contributed by atoms with Gasteiger partial charge in [0.05, 0.1) is 12.4 Å². The summed E-state index contributed by atoms with van der Waals surface area (Å²) < 4.78 is 0. The number of rotatable bonds is 0. The highest BCUT2D eigenvalue weighted by Gasteiger charge is 2.11. The molecule has 0 atom stereocenters. The molecule has 2 radical (unpaired) electrons. The molecule has 0 bridgehead atoms. The Bertz CT molecular complexity index is 196. The largest absolute Gasteiger partial charge is 0.244 e. The third-order valence-electron chi connectivity index (χ3n) is 1.44. The molecule has 1 aromatic heterocycles. The molecule has 0 N–H and O–H groups in total. The van der Waals surface area contributed by atoms with Crippen molar-refractivity contribution in [2.75, 3.05) is 0 Å². The van der Waals surface area contributed by atoms with Crippen LogP contribution < -0.4 is 0 Å². The monoisotopic (exact) mass is 133 g/mol. The van der Waals surface area contributed by atoms with Crippen LogP contribution in [-0.4, -0.2) is 4.98 Å². The van der Waals surface area contributed by atoms with Crippen LogP contribution in [0.1, 0.15) is 26.3 Å². The highest BCUT2D eigenvalue weighted by Crippen LogP contribution is 2.19. The minimum absolute atomic E-state index is 0.190. The van der Waals surface area contributed by atoms with Crippen molar-refractivity contribution < 1.29 is 0 Å². The van der Waals surface area contributed by atoms with Gasteiger partial charge in [0.1, 0.15) is 0 Å². The lowest BCUT2D eigenvalue weighted by atomic mass is 9.88. The standard InChI is InChI=1S/C9H11N/c1-9(2,3)8-4-6-10-7-5-8/h4-5H,1-3H3. The number of hydrogen-bond acceptors (Lipinski definition) is 1. The topological polar surface area (TPSA) is 12.9 Å². The van der Waals surface area contributed by atoms with Crippen LogP contribution in [0.2, 0.25) is 0 Å². The van der Waals surface area contributed by atoms with Gasteiger partial charge >= 0.3 is 0 Å². The van der Waals surface area contributed by atoms with Crippen LogP contribution in [0.15, 0.2) is 12.1 Å². The van der Waals surface area contributed by atoms with Crippen molar-refractivity contribution in [3.05, 3.63) is 30.1 Å². The average Bonchev–Trinajstić information content (AvgIpc) is 1.88. The summed E-state index contributed by atoms with van der Waals surface area (Å²) >= 11 is 0. The second kappa shape index (κ2) is 2.41. The van der Waals surface area contributed by atoms with Crippen LogP contribution in [0.5, 0.6) is 0 Å². The Labute approximate surface area is 62.1 Å².